The summed E-state index contributed by atoms with van der Waals surface area (Å²) in [6.45, 7) is 0.395. The molecule has 1 aliphatic rings. The highest BCUT2D eigenvalue weighted by Gasteiger charge is 2.28. The quantitative estimate of drug-likeness (QED) is 0.587. The number of benzene rings is 2. The van der Waals surface area contributed by atoms with Crippen LogP contribution in [0.4, 0.5) is 0 Å². The summed E-state index contributed by atoms with van der Waals surface area (Å²) in [6, 6.07) is 11.8. The van der Waals surface area contributed by atoms with E-state index in [1.165, 1.54) is 41.6 Å². The molecule has 0 bridgehead atoms. The van der Waals surface area contributed by atoms with Crippen LogP contribution in [-0.2, 0) is 10.0 Å². The van der Waals surface area contributed by atoms with Gasteiger partial charge in [-0.3, -0.25) is 0 Å². The Morgan fingerprint density at radius 3 is 2.76 bits per heavy atom. The molecule has 1 aromatic heterocycles. The molecule has 3 aromatic rings. The van der Waals surface area contributed by atoms with Crippen LogP contribution < -0.4 is 14.2 Å². The van der Waals surface area contributed by atoms with Gasteiger partial charge in [0.15, 0.2) is 11.5 Å². The van der Waals surface area contributed by atoms with Crippen LogP contribution in [0, 0.1) is 0 Å². The molecule has 0 fully saturated rings. The summed E-state index contributed by atoms with van der Waals surface area (Å²) >= 11 is 0. The molecule has 0 saturated carbocycles. The van der Waals surface area contributed by atoms with E-state index >= 15 is 0 Å². The molecule has 1 aliphatic heterocycles. The summed E-state index contributed by atoms with van der Waals surface area (Å²) in [7, 11) is -0.824. The van der Waals surface area contributed by atoms with Crippen molar-refractivity contribution in [3.63, 3.8) is 0 Å². The molecule has 1 atom stereocenters. The highest BCUT2D eigenvalue weighted by atomic mass is 32.2. The topological polar surface area (TPSA) is 109 Å². The minimum atomic E-state index is -3.78. The molecule has 0 amide bonds. The minimum absolute atomic E-state index is 0.0887. The molecular weight excluding hydrogens is 398 g/mol. The third-order valence-electron chi connectivity index (χ3n) is 4.48. The smallest absolute Gasteiger partial charge is 0.243 e. The monoisotopic (exact) mass is 417 g/mol. The molecule has 2 heterocycles. The number of aromatic nitrogens is 4. The summed E-state index contributed by atoms with van der Waals surface area (Å²) < 4.78 is 45.6. The van der Waals surface area contributed by atoms with E-state index < -0.39 is 16.1 Å². The van der Waals surface area contributed by atoms with Crippen molar-refractivity contribution >= 4 is 10.0 Å². The van der Waals surface area contributed by atoms with Gasteiger partial charge in [-0.2, -0.15) is 8.99 Å². The molecule has 0 N–H and O–H groups in total. The van der Waals surface area contributed by atoms with E-state index in [9.17, 15) is 8.42 Å². The molecule has 4 rings (SSSR count). The SMILES string of the molecule is COc1cc(S(=O)(=O)N(C)CC2COc3ccccc3O2)ccc1-n1cnnn1. The fourth-order valence-electron chi connectivity index (χ4n) is 3.00. The number of likely N-dealkylation sites (N-methyl/N-ethyl adjacent to an activating group) is 1. The summed E-state index contributed by atoms with van der Waals surface area (Å²) in [6.07, 6.45) is 0.975. The predicted octanol–water partition coefficient (Wildman–Crippen LogP) is 1.13. The number of nitrogens with zero attached hydrogens (tertiary/aromatic N) is 5. The van der Waals surface area contributed by atoms with Gasteiger partial charge in [0.25, 0.3) is 0 Å². The van der Waals surface area contributed by atoms with Gasteiger partial charge in [-0.1, -0.05) is 12.1 Å². The molecule has 1 unspecified atom stereocenters. The average Bonchev–Trinajstić information content (AvgIpc) is 3.27. The molecule has 11 heteroatoms. The lowest BCUT2D eigenvalue weighted by molar-refractivity contribution is 0.0798. The van der Waals surface area contributed by atoms with Crippen molar-refractivity contribution in [3.8, 4) is 22.9 Å². The summed E-state index contributed by atoms with van der Waals surface area (Å²) in [5.74, 6) is 1.58. The summed E-state index contributed by atoms with van der Waals surface area (Å²) in [5.41, 5.74) is 0.528. The molecule has 2 aromatic carbocycles. The van der Waals surface area contributed by atoms with Gasteiger partial charge in [-0.05, 0) is 34.7 Å². The van der Waals surface area contributed by atoms with Crippen molar-refractivity contribution in [2.75, 3.05) is 27.3 Å². The number of para-hydroxylation sites is 2. The first-order valence-electron chi connectivity index (χ1n) is 8.75. The van der Waals surface area contributed by atoms with Crippen LogP contribution in [0.25, 0.3) is 5.69 Å². The normalized spacial score (nSPS) is 16.0. The van der Waals surface area contributed by atoms with Gasteiger partial charge in [0, 0.05) is 13.1 Å². The van der Waals surface area contributed by atoms with Gasteiger partial charge in [-0.15, -0.1) is 5.10 Å². The largest absolute Gasteiger partial charge is 0.494 e. The number of fused-ring (bicyclic) bond motifs is 1. The lowest BCUT2D eigenvalue weighted by Crippen LogP contribution is -2.41. The molecule has 152 valence electrons. The maximum Gasteiger partial charge on any atom is 0.243 e. The van der Waals surface area contributed by atoms with Gasteiger partial charge >= 0.3 is 0 Å². The number of sulfonamides is 1. The zero-order valence-corrected chi connectivity index (χ0v) is 16.6. The average molecular weight is 417 g/mol. The van der Waals surface area contributed by atoms with Crippen molar-refractivity contribution in [1.29, 1.82) is 0 Å². The van der Waals surface area contributed by atoms with Gasteiger partial charge in [0.2, 0.25) is 10.0 Å². The van der Waals surface area contributed by atoms with E-state index in [1.54, 1.807) is 12.1 Å². The van der Waals surface area contributed by atoms with Crippen LogP contribution in [0.15, 0.2) is 53.7 Å². The second-order valence-electron chi connectivity index (χ2n) is 6.37. The van der Waals surface area contributed by atoms with Crippen LogP contribution in [0.1, 0.15) is 0 Å². The van der Waals surface area contributed by atoms with Crippen LogP contribution in [0.2, 0.25) is 0 Å². The Labute approximate surface area is 167 Å². The maximum absolute atomic E-state index is 13.0. The Morgan fingerprint density at radius 2 is 2.03 bits per heavy atom. The number of methoxy groups -OCH3 is 1. The second-order valence-corrected chi connectivity index (χ2v) is 8.42. The van der Waals surface area contributed by atoms with E-state index in [-0.39, 0.29) is 18.0 Å². The van der Waals surface area contributed by atoms with Crippen molar-refractivity contribution < 1.29 is 22.6 Å². The molecule has 0 saturated heterocycles. The van der Waals surface area contributed by atoms with Crippen molar-refractivity contribution in [3.05, 3.63) is 48.8 Å². The minimum Gasteiger partial charge on any atom is -0.494 e. The Hall–Kier alpha value is -3.18. The Balaban J connectivity index is 1.53. The van der Waals surface area contributed by atoms with Gasteiger partial charge in [-0.25, -0.2) is 8.42 Å². The summed E-state index contributed by atoms with van der Waals surface area (Å²) in [4.78, 5) is 0.0887. The number of tetrazole rings is 1. The second kappa shape index (κ2) is 7.68. The first-order chi connectivity index (χ1) is 14.0. The van der Waals surface area contributed by atoms with Crippen LogP contribution >= 0.6 is 0 Å². The van der Waals surface area contributed by atoms with Gasteiger partial charge in [0.05, 0.1) is 18.6 Å². The van der Waals surface area contributed by atoms with Gasteiger partial charge in [0.1, 0.15) is 30.5 Å². The van der Waals surface area contributed by atoms with E-state index in [0.29, 0.717) is 22.9 Å². The van der Waals surface area contributed by atoms with Crippen molar-refractivity contribution in [1.82, 2.24) is 24.5 Å². The fraction of sp³-hybridized carbons (Fsp3) is 0.278. The standard InChI is InChI=1S/C18H19N5O5S/c1-22(10-13-11-27-16-5-3-4-6-17(16)28-13)29(24,25)14-7-8-15(18(9-14)26-2)23-12-19-20-21-23/h3-9,12-13H,10-11H2,1-2H3. The molecule has 0 aliphatic carbocycles. The Kier molecular flexibility index (Phi) is 5.07. The molecule has 0 spiro atoms. The van der Waals surface area contributed by atoms with Crippen LogP contribution in [0.3, 0.4) is 0 Å². The third kappa shape index (κ3) is 3.74. The fourth-order valence-corrected chi connectivity index (χ4v) is 4.22. The van der Waals surface area contributed by atoms with E-state index in [4.69, 9.17) is 14.2 Å². The van der Waals surface area contributed by atoms with Crippen LogP contribution in [0.5, 0.6) is 17.2 Å². The van der Waals surface area contributed by atoms with Crippen molar-refractivity contribution in [2.45, 2.75) is 11.0 Å². The van der Waals surface area contributed by atoms with E-state index in [0.717, 1.165) is 0 Å². The molecular formula is C18H19N5O5S. The third-order valence-corrected chi connectivity index (χ3v) is 6.30. The first-order valence-corrected chi connectivity index (χ1v) is 10.2. The Morgan fingerprint density at radius 1 is 1.24 bits per heavy atom. The number of rotatable bonds is 6. The highest BCUT2D eigenvalue weighted by molar-refractivity contribution is 7.89. The lowest BCUT2D eigenvalue weighted by atomic mass is 10.2. The van der Waals surface area contributed by atoms with Gasteiger partial charge < -0.3 is 14.2 Å². The predicted molar refractivity (Wildman–Crippen MR) is 102 cm³/mol. The number of ether oxygens (including phenoxy) is 3. The van der Waals surface area contributed by atoms with E-state index in [2.05, 4.69) is 15.5 Å². The highest BCUT2D eigenvalue weighted by Crippen LogP contribution is 2.32. The van der Waals surface area contributed by atoms with E-state index in [1.807, 2.05) is 18.2 Å². The number of hydrogen-bond donors (Lipinski definition) is 0. The van der Waals surface area contributed by atoms with Crippen LogP contribution in [-0.4, -0.2) is 66.3 Å². The Bertz CT molecular complexity index is 1100. The first kappa shape index (κ1) is 19.2. The molecule has 10 nitrogen and oxygen atoms in total. The zero-order valence-electron chi connectivity index (χ0n) is 15.8. The molecule has 0 radical (unpaired) electrons. The zero-order chi connectivity index (χ0) is 20.4. The summed E-state index contributed by atoms with van der Waals surface area (Å²) in [5, 5.41) is 11.0. The molecule has 29 heavy (non-hydrogen) atoms. The van der Waals surface area contributed by atoms with Crippen molar-refractivity contribution in [2.24, 2.45) is 0 Å². The lowest BCUT2D eigenvalue weighted by Gasteiger charge is -2.29. The maximum atomic E-state index is 13.0. The number of hydrogen-bond acceptors (Lipinski definition) is 8.